The number of phenols is 1. The summed E-state index contributed by atoms with van der Waals surface area (Å²) in [6, 6.07) is 5.19. The Morgan fingerprint density at radius 3 is 2.42 bits per heavy atom. The largest absolute Gasteiger partial charge is 0.507 e. The van der Waals surface area contributed by atoms with Crippen molar-refractivity contribution in [3.8, 4) is 5.75 Å². The second kappa shape index (κ2) is 7.69. The molecule has 1 aliphatic heterocycles. The number of hydrogen-bond donors (Lipinski definition) is 2. The Bertz CT molecular complexity index is 605. The molecule has 1 aromatic carbocycles. The lowest BCUT2D eigenvalue weighted by molar-refractivity contribution is -0.127. The molecule has 2 amide bonds. The number of nitrogens with zero attached hydrogens (tertiary/aromatic N) is 1. The number of aryl methyl sites for hydroxylation is 1. The molecule has 0 aromatic heterocycles. The molecule has 0 bridgehead atoms. The van der Waals surface area contributed by atoms with Crippen LogP contribution in [0.25, 0.3) is 0 Å². The summed E-state index contributed by atoms with van der Waals surface area (Å²) < 4.78 is 0. The van der Waals surface area contributed by atoms with E-state index in [0.29, 0.717) is 37.4 Å². The first kappa shape index (κ1) is 18.3. The molecule has 0 aliphatic carbocycles. The molecule has 1 aliphatic rings. The van der Waals surface area contributed by atoms with E-state index in [0.717, 1.165) is 5.56 Å². The number of carbonyl (C=O) groups excluding carboxylic acids is 2. The Hall–Kier alpha value is -2.04. The number of nitrogens with one attached hydrogen (secondary N) is 1. The first-order chi connectivity index (χ1) is 11.3. The number of rotatable bonds is 4. The molecule has 2 N–H and O–H groups in total. The molecule has 5 nitrogen and oxygen atoms in total. The van der Waals surface area contributed by atoms with Crippen LogP contribution in [0.15, 0.2) is 18.2 Å². The van der Waals surface area contributed by atoms with E-state index in [1.165, 1.54) is 0 Å². The summed E-state index contributed by atoms with van der Waals surface area (Å²) in [6.07, 6.45) is 1.32. The molecule has 132 valence electrons. The van der Waals surface area contributed by atoms with Gasteiger partial charge in [-0.2, -0.15) is 0 Å². The summed E-state index contributed by atoms with van der Waals surface area (Å²) in [5.74, 6) is 0.296. The van der Waals surface area contributed by atoms with Crippen LogP contribution in [0.4, 0.5) is 0 Å². The summed E-state index contributed by atoms with van der Waals surface area (Å²) in [5.41, 5.74) is 1.28. The number of amides is 2. The van der Waals surface area contributed by atoms with Gasteiger partial charge in [-0.3, -0.25) is 9.59 Å². The smallest absolute Gasteiger partial charge is 0.257 e. The third-order valence-corrected chi connectivity index (χ3v) is 4.91. The van der Waals surface area contributed by atoms with Gasteiger partial charge in [0.25, 0.3) is 5.91 Å². The summed E-state index contributed by atoms with van der Waals surface area (Å²) in [6.45, 7) is 9.16. The molecule has 1 saturated heterocycles. The predicted molar refractivity (Wildman–Crippen MR) is 93.9 cm³/mol. The van der Waals surface area contributed by atoms with Crippen molar-refractivity contribution in [2.45, 2.75) is 46.6 Å². The number of carbonyl (C=O) groups is 2. The molecule has 1 atom stereocenters. The number of hydrogen-bond acceptors (Lipinski definition) is 3. The van der Waals surface area contributed by atoms with E-state index in [1.807, 2.05) is 13.8 Å². The Morgan fingerprint density at radius 1 is 1.21 bits per heavy atom. The van der Waals surface area contributed by atoms with Gasteiger partial charge in [-0.05, 0) is 44.7 Å². The Kier molecular flexibility index (Phi) is 5.86. The first-order valence-corrected chi connectivity index (χ1v) is 8.69. The van der Waals surface area contributed by atoms with Crippen molar-refractivity contribution in [3.63, 3.8) is 0 Å². The van der Waals surface area contributed by atoms with Gasteiger partial charge in [-0.15, -0.1) is 0 Å². The number of aromatic hydroxyl groups is 1. The van der Waals surface area contributed by atoms with Gasteiger partial charge in [-0.1, -0.05) is 25.5 Å². The van der Waals surface area contributed by atoms with Crippen molar-refractivity contribution in [2.24, 2.45) is 11.8 Å². The normalized spacial score (nSPS) is 17.0. The highest BCUT2D eigenvalue weighted by atomic mass is 16.3. The van der Waals surface area contributed by atoms with E-state index in [4.69, 9.17) is 0 Å². The van der Waals surface area contributed by atoms with Gasteiger partial charge in [0.1, 0.15) is 5.75 Å². The standard InChI is InChI=1S/C19H28N2O3/c1-12(2)14(4)20-18(23)15-7-9-21(10-8-15)19(24)16-11-13(3)5-6-17(16)22/h5-6,11-12,14-15,22H,7-10H2,1-4H3,(H,20,23). The fourth-order valence-corrected chi connectivity index (χ4v) is 2.85. The van der Waals surface area contributed by atoms with E-state index >= 15 is 0 Å². The minimum atomic E-state index is -0.161. The summed E-state index contributed by atoms with van der Waals surface area (Å²) in [4.78, 5) is 26.6. The lowest BCUT2D eigenvalue weighted by Gasteiger charge is -2.32. The van der Waals surface area contributed by atoms with E-state index < -0.39 is 0 Å². The highest BCUT2D eigenvalue weighted by molar-refractivity contribution is 5.97. The first-order valence-electron chi connectivity index (χ1n) is 8.69. The number of likely N-dealkylation sites (tertiary alicyclic amines) is 1. The Morgan fingerprint density at radius 2 is 1.83 bits per heavy atom. The minimum Gasteiger partial charge on any atom is -0.507 e. The lowest BCUT2D eigenvalue weighted by Crippen LogP contribution is -2.45. The van der Waals surface area contributed by atoms with E-state index in [-0.39, 0.29) is 29.5 Å². The predicted octanol–water partition coefficient (Wildman–Crippen LogP) is 2.71. The quantitative estimate of drug-likeness (QED) is 0.891. The topological polar surface area (TPSA) is 69.6 Å². The summed E-state index contributed by atoms with van der Waals surface area (Å²) >= 11 is 0. The molecule has 1 fully saturated rings. The number of phenolic OH excluding ortho intramolecular Hbond substituents is 1. The van der Waals surface area contributed by atoms with Crippen LogP contribution in [0.5, 0.6) is 5.75 Å². The van der Waals surface area contributed by atoms with Crippen molar-refractivity contribution in [1.82, 2.24) is 10.2 Å². The summed E-state index contributed by atoms with van der Waals surface area (Å²) in [7, 11) is 0. The molecular weight excluding hydrogens is 304 g/mol. The van der Waals surface area contributed by atoms with Crippen LogP contribution >= 0.6 is 0 Å². The van der Waals surface area contributed by atoms with Crippen molar-refractivity contribution in [1.29, 1.82) is 0 Å². The van der Waals surface area contributed by atoms with Gasteiger partial charge in [0.2, 0.25) is 5.91 Å². The minimum absolute atomic E-state index is 0.0104. The molecule has 1 aromatic rings. The Balaban J connectivity index is 1.94. The zero-order valence-corrected chi connectivity index (χ0v) is 15.0. The van der Waals surface area contributed by atoms with Crippen LogP contribution < -0.4 is 5.32 Å². The second-order valence-electron chi connectivity index (χ2n) is 7.13. The van der Waals surface area contributed by atoms with E-state index in [2.05, 4.69) is 19.2 Å². The molecule has 24 heavy (non-hydrogen) atoms. The van der Waals surface area contributed by atoms with Gasteiger partial charge in [-0.25, -0.2) is 0 Å². The van der Waals surface area contributed by atoms with Crippen LogP contribution in [-0.2, 0) is 4.79 Å². The zero-order chi connectivity index (χ0) is 17.9. The number of benzene rings is 1. The van der Waals surface area contributed by atoms with Gasteiger partial charge >= 0.3 is 0 Å². The van der Waals surface area contributed by atoms with Crippen LogP contribution in [0, 0.1) is 18.8 Å². The third kappa shape index (κ3) is 4.28. The van der Waals surface area contributed by atoms with Crippen LogP contribution in [0.3, 0.4) is 0 Å². The van der Waals surface area contributed by atoms with Crippen molar-refractivity contribution in [2.75, 3.05) is 13.1 Å². The fourth-order valence-electron chi connectivity index (χ4n) is 2.85. The average molecular weight is 332 g/mol. The SMILES string of the molecule is Cc1ccc(O)c(C(=O)N2CCC(C(=O)NC(C)C(C)C)CC2)c1. The van der Waals surface area contributed by atoms with Gasteiger partial charge < -0.3 is 15.3 Å². The zero-order valence-electron chi connectivity index (χ0n) is 15.0. The maximum atomic E-state index is 12.6. The molecule has 5 heteroatoms. The van der Waals surface area contributed by atoms with Crippen molar-refractivity contribution in [3.05, 3.63) is 29.3 Å². The molecule has 0 radical (unpaired) electrons. The lowest BCUT2D eigenvalue weighted by atomic mass is 9.94. The third-order valence-electron chi connectivity index (χ3n) is 4.91. The maximum absolute atomic E-state index is 12.6. The van der Waals surface area contributed by atoms with E-state index in [1.54, 1.807) is 23.1 Å². The van der Waals surface area contributed by atoms with Crippen LogP contribution in [-0.4, -0.2) is 41.0 Å². The molecule has 0 saturated carbocycles. The second-order valence-corrected chi connectivity index (χ2v) is 7.13. The fraction of sp³-hybridized carbons (Fsp3) is 0.579. The number of piperidine rings is 1. The summed E-state index contributed by atoms with van der Waals surface area (Å²) in [5, 5.41) is 13.0. The molecule has 2 rings (SSSR count). The average Bonchev–Trinajstić information content (AvgIpc) is 2.56. The van der Waals surface area contributed by atoms with Crippen molar-refractivity contribution < 1.29 is 14.7 Å². The van der Waals surface area contributed by atoms with Gasteiger partial charge in [0.05, 0.1) is 5.56 Å². The molecule has 1 heterocycles. The maximum Gasteiger partial charge on any atom is 0.257 e. The van der Waals surface area contributed by atoms with Gasteiger partial charge in [0.15, 0.2) is 0 Å². The molecular formula is C19H28N2O3. The van der Waals surface area contributed by atoms with E-state index in [9.17, 15) is 14.7 Å². The van der Waals surface area contributed by atoms with Crippen LogP contribution in [0.1, 0.15) is 49.5 Å². The van der Waals surface area contributed by atoms with Gasteiger partial charge in [0, 0.05) is 25.0 Å². The monoisotopic (exact) mass is 332 g/mol. The Labute approximate surface area is 144 Å². The highest BCUT2D eigenvalue weighted by Crippen LogP contribution is 2.24. The van der Waals surface area contributed by atoms with Crippen molar-refractivity contribution >= 4 is 11.8 Å². The highest BCUT2D eigenvalue weighted by Gasteiger charge is 2.29. The molecule has 0 spiro atoms. The molecule has 1 unspecified atom stereocenters. The van der Waals surface area contributed by atoms with Crippen LogP contribution in [0.2, 0.25) is 0 Å².